The monoisotopic (exact) mass is 315 g/mol. The van der Waals surface area contributed by atoms with Crippen LogP contribution in [0, 0.1) is 0 Å². The molecule has 0 spiro atoms. The maximum Gasteiger partial charge on any atom is 0.0784 e. The van der Waals surface area contributed by atoms with Gasteiger partial charge in [0.15, 0.2) is 0 Å². The van der Waals surface area contributed by atoms with Crippen molar-refractivity contribution in [3.05, 3.63) is 35.9 Å². The number of hydrogen-bond acceptors (Lipinski definition) is 3. The molecule has 0 aliphatic heterocycles. The number of hydrogen-bond donors (Lipinski definition) is 2. The van der Waals surface area contributed by atoms with Gasteiger partial charge in [0.25, 0.3) is 0 Å². The molecular weight excluding hydrogens is 290 g/mol. The van der Waals surface area contributed by atoms with Gasteiger partial charge in [-0.1, -0.05) is 49.6 Å². The summed E-state index contributed by atoms with van der Waals surface area (Å²) in [4.78, 5) is 0. The van der Waals surface area contributed by atoms with E-state index in [4.69, 9.17) is 5.73 Å². The van der Waals surface area contributed by atoms with Crippen LogP contribution in [0.1, 0.15) is 37.7 Å². The van der Waals surface area contributed by atoms with E-state index >= 15 is 0 Å². The summed E-state index contributed by atoms with van der Waals surface area (Å²) in [5, 5.41) is 10.9. The van der Waals surface area contributed by atoms with Crippen LogP contribution in [0.5, 0.6) is 0 Å². The molecule has 0 aromatic heterocycles. The summed E-state index contributed by atoms with van der Waals surface area (Å²) in [6.45, 7) is 0. The summed E-state index contributed by atoms with van der Waals surface area (Å²) in [6, 6.07) is 10.0. The van der Waals surface area contributed by atoms with Gasteiger partial charge in [-0.2, -0.15) is 11.8 Å². The van der Waals surface area contributed by atoms with E-state index in [9.17, 15) is 5.11 Å². The summed E-state index contributed by atoms with van der Waals surface area (Å²) >= 11 is 1.91. The van der Waals surface area contributed by atoms with E-state index in [1.165, 1.54) is 37.7 Å². The zero-order valence-electron chi connectivity index (χ0n) is 11.9. The molecule has 2 rings (SSSR count). The van der Waals surface area contributed by atoms with Crippen LogP contribution < -0.4 is 5.73 Å². The van der Waals surface area contributed by atoms with Crippen molar-refractivity contribution in [3.8, 4) is 0 Å². The molecule has 2 nitrogen and oxygen atoms in total. The average Bonchev–Trinajstić information content (AvgIpc) is 2.47. The van der Waals surface area contributed by atoms with Crippen molar-refractivity contribution in [2.75, 3.05) is 5.75 Å². The van der Waals surface area contributed by atoms with Gasteiger partial charge in [-0.3, -0.25) is 0 Å². The molecule has 1 aromatic carbocycles. The van der Waals surface area contributed by atoms with Gasteiger partial charge in [0.1, 0.15) is 0 Å². The Morgan fingerprint density at radius 2 is 1.80 bits per heavy atom. The van der Waals surface area contributed by atoms with Crippen LogP contribution in [0.15, 0.2) is 30.3 Å². The normalized spacial score (nSPS) is 19.1. The Labute approximate surface area is 132 Å². The first kappa shape index (κ1) is 17.8. The minimum atomic E-state index is -0.396. The molecule has 1 saturated carbocycles. The third kappa shape index (κ3) is 6.04. The first-order valence-corrected chi connectivity index (χ1v) is 8.40. The van der Waals surface area contributed by atoms with Crippen molar-refractivity contribution < 1.29 is 5.11 Å². The van der Waals surface area contributed by atoms with Crippen LogP contribution in [0.25, 0.3) is 0 Å². The topological polar surface area (TPSA) is 46.2 Å². The van der Waals surface area contributed by atoms with E-state index in [0.717, 1.165) is 17.4 Å². The Morgan fingerprint density at radius 1 is 1.15 bits per heavy atom. The van der Waals surface area contributed by atoms with Crippen LogP contribution in [0.3, 0.4) is 0 Å². The Bertz CT molecular complexity index is 357. The van der Waals surface area contributed by atoms with E-state index < -0.39 is 6.10 Å². The average molecular weight is 316 g/mol. The molecule has 0 bridgehead atoms. The quantitative estimate of drug-likeness (QED) is 0.845. The van der Waals surface area contributed by atoms with Crippen LogP contribution in [-0.2, 0) is 6.42 Å². The number of thioether (sulfide) groups is 1. The van der Waals surface area contributed by atoms with Gasteiger partial charge in [-0.25, -0.2) is 0 Å². The molecule has 3 N–H and O–H groups in total. The van der Waals surface area contributed by atoms with Gasteiger partial charge in [0.2, 0.25) is 0 Å². The lowest BCUT2D eigenvalue weighted by Crippen LogP contribution is -2.38. The standard InChI is InChI=1S/C16H25NOS.ClH/c17-15(11-13-7-3-1-4-8-13)16(18)12-19-14-9-5-2-6-10-14;/h1,3-4,7-8,14-16,18H,2,5-6,9-12,17H2;1H. The number of halogens is 1. The highest BCUT2D eigenvalue weighted by Gasteiger charge is 2.19. The highest BCUT2D eigenvalue weighted by atomic mass is 35.5. The highest BCUT2D eigenvalue weighted by molar-refractivity contribution is 7.99. The third-order valence-electron chi connectivity index (χ3n) is 3.86. The number of aliphatic hydroxyl groups excluding tert-OH is 1. The number of rotatable bonds is 6. The van der Waals surface area contributed by atoms with Crippen molar-refractivity contribution >= 4 is 24.2 Å². The second kappa shape index (κ2) is 9.67. The van der Waals surface area contributed by atoms with Crippen LogP contribution in [0.2, 0.25) is 0 Å². The van der Waals surface area contributed by atoms with Gasteiger partial charge in [-0.05, 0) is 24.8 Å². The molecule has 114 valence electrons. The van der Waals surface area contributed by atoms with Crippen LogP contribution >= 0.6 is 24.2 Å². The van der Waals surface area contributed by atoms with Gasteiger partial charge in [0, 0.05) is 17.0 Å². The molecule has 1 aliphatic carbocycles. The fourth-order valence-electron chi connectivity index (χ4n) is 2.61. The molecule has 1 fully saturated rings. The molecule has 0 radical (unpaired) electrons. The third-order valence-corrected chi connectivity index (χ3v) is 5.34. The van der Waals surface area contributed by atoms with E-state index in [0.29, 0.717) is 0 Å². The van der Waals surface area contributed by atoms with Gasteiger partial charge < -0.3 is 10.8 Å². The zero-order chi connectivity index (χ0) is 13.5. The first-order valence-electron chi connectivity index (χ1n) is 7.35. The Morgan fingerprint density at radius 3 is 2.45 bits per heavy atom. The fourth-order valence-corrected chi connectivity index (χ4v) is 4.00. The SMILES string of the molecule is Cl.NC(Cc1ccccc1)C(O)CSC1CCCCC1. The minimum Gasteiger partial charge on any atom is -0.391 e. The molecule has 1 aromatic rings. The second-order valence-corrected chi connectivity index (χ2v) is 6.85. The molecule has 0 heterocycles. The highest BCUT2D eigenvalue weighted by Crippen LogP contribution is 2.28. The minimum absolute atomic E-state index is 0. The smallest absolute Gasteiger partial charge is 0.0784 e. The van der Waals surface area contributed by atoms with Crippen molar-refractivity contribution in [1.82, 2.24) is 0 Å². The van der Waals surface area contributed by atoms with Crippen molar-refractivity contribution in [1.29, 1.82) is 0 Å². The summed E-state index contributed by atoms with van der Waals surface area (Å²) in [5.41, 5.74) is 7.31. The van der Waals surface area contributed by atoms with E-state index in [2.05, 4.69) is 12.1 Å². The molecule has 20 heavy (non-hydrogen) atoms. The number of aliphatic hydroxyl groups is 1. The summed E-state index contributed by atoms with van der Waals surface area (Å²) < 4.78 is 0. The number of benzene rings is 1. The van der Waals surface area contributed by atoms with E-state index in [1.54, 1.807) is 0 Å². The molecule has 1 aliphatic rings. The predicted octanol–water partition coefficient (Wildman–Crippen LogP) is 3.41. The lowest BCUT2D eigenvalue weighted by Gasteiger charge is -2.24. The largest absolute Gasteiger partial charge is 0.391 e. The van der Waals surface area contributed by atoms with Crippen LogP contribution in [-0.4, -0.2) is 28.3 Å². The van der Waals surface area contributed by atoms with Crippen molar-refractivity contribution in [2.24, 2.45) is 5.73 Å². The second-order valence-electron chi connectivity index (χ2n) is 5.51. The van der Waals surface area contributed by atoms with Crippen molar-refractivity contribution in [2.45, 2.75) is 55.9 Å². The maximum atomic E-state index is 10.2. The number of nitrogens with two attached hydrogens (primary N) is 1. The fraction of sp³-hybridized carbons (Fsp3) is 0.625. The first-order chi connectivity index (χ1) is 9.25. The van der Waals surface area contributed by atoms with Gasteiger partial charge >= 0.3 is 0 Å². The summed E-state index contributed by atoms with van der Waals surface area (Å²) in [7, 11) is 0. The predicted molar refractivity (Wildman–Crippen MR) is 90.7 cm³/mol. The Hall–Kier alpha value is -0.220. The summed E-state index contributed by atoms with van der Waals surface area (Å²) in [6.07, 6.45) is 7.07. The van der Waals surface area contributed by atoms with Gasteiger partial charge in [0.05, 0.1) is 6.10 Å². The molecule has 2 unspecified atom stereocenters. The lowest BCUT2D eigenvalue weighted by atomic mass is 10.0. The molecule has 0 saturated heterocycles. The lowest BCUT2D eigenvalue weighted by molar-refractivity contribution is 0.167. The van der Waals surface area contributed by atoms with Crippen molar-refractivity contribution in [3.63, 3.8) is 0 Å². The van der Waals surface area contributed by atoms with Gasteiger partial charge in [-0.15, -0.1) is 12.4 Å². The Balaban J connectivity index is 0.00000200. The maximum absolute atomic E-state index is 10.2. The van der Waals surface area contributed by atoms with Crippen LogP contribution in [0.4, 0.5) is 0 Å². The molecular formula is C16H26ClNOS. The molecule has 2 atom stereocenters. The zero-order valence-corrected chi connectivity index (χ0v) is 13.5. The van der Waals surface area contributed by atoms with E-state index in [1.807, 2.05) is 30.0 Å². The summed E-state index contributed by atoms with van der Waals surface area (Å²) in [5.74, 6) is 0.776. The molecule has 4 heteroatoms. The molecule has 0 amide bonds. The Kier molecular flexibility index (Phi) is 8.62. The van der Waals surface area contributed by atoms with E-state index in [-0.39, 0.29) is 18.4 Å².